The minimum atomic E-state index is 0.658. The van der Waals surface area contributed by atoms with Crippen molar-refractivity contribution >= 4 is 0 Å². The SMILES string of the molecule is Cc1nc(CCN2CCN(C)CC2)nc(C)c1CCN. The molecule has 1 aromatic heterocycles. The molecule has 0 saturated carbocycles. The van der Waals surface area contributed by atoms with Gasteiger partial charge in [0.15, 0.2) is 0 Å². The van der Waals surface area contributed by atoms with Crippen molar-refractivity contribution in [3.05, 3.63) is 22.8 Å². The molecule has 2 rings (SSSR count). The Morgan fingerprint density at radius 1 is 1.00 bits per heavy atom. The second-order valence-electron chi connectivity index (χ2n) is 5.72. The second-order valence-corrected chi connectivity index (χ2v) is 5.72. The summed E-state index contributed by atoms with van der Waals surface area (Å²) in [5.74, 6) is 0.972. The lowest BCUT2D eigenvalue weighted by atomic mass is 10.1. The highest BCUT2D eigenvalue weighted by molar-refractivity contribution is 5.24. The van der Waals surface area contributed by atoms with E-state index in [1.54, 1.807) is 0 Å². The van der Waals surface area contributed by atoms with E-state index in [0.29, 0.717) is 6.54 Å². The molecule has 1 saturated heterocycles. The molecule has 2 heterocycles. The predicted molar refractivity (Wildman–Crippen MR) is 81.9 cm³/mol. The molecule has 20 heavy (non-hydrogen) atoms. The van der Waals surface area contributed by atoms with Crippen molar-refractivity contribution in [1.82, 2.24) is 19.8 Å². The highest BCUT2D eigenvalue weighted by atomic mass is 15.2. The predicted octanol–water partition coefficient (Wildman–Crippen LogP) is 0.385. The van der Waals surface area contributed by atoms with E-state index in [4.69, 9.17) is 5.73 Å². The van der Waals surface area contributed by atoms with E-state index in [1.807, 2.05) is 0 Å². The molecule has 0 amide bonds. The van der Waals surface area contributed by atoms with Gasteiger partial charge in [-0.15, -0.1) is 0 Å². The second kappa shape index (κ2) is 7.11. The van der Waals surface area contributed by atoms with Gasteiger partial charge in [0.1, 0.15) is 5.82 Å². The van der Waals surface area contributed by atoms with Crippen molar-refractivity contribution in [3.63, 3.8) is 0 Å². The maximum absolute atomic E-state index is 5.64. The van der Waals surface area contributed by atoms with E-state index in [-0.39, 0.29) is 0 Å². The summed E-state index contributed by atoms with van der Waals surface area (Å²) in [6.45, 7) is 10.5. The normalized spacial score (nSPS) is 17.6. The molecule has 1 aliphatic heterocycles. The number of aromatic nitrogens is 2. The first kappa shape index (κ1) is 15.4. The van der Waals surface area contributed by atoms with Crippen molar-refractivity contribution in [2.45, 2.75) is 26.7 Å². The van der Waals surface area contributed by atoms with Gasteiger partial charge in [0.25, 0.3) is 0 Å². The summed E-state index contributed by atoms with van der Waals surface area (Å²) in [5.41, 5.74) is 9.04. The fourth-order valence-corrected chi connectivity index (χ4v) is 2.76. The lowest BCUT2D eigenvalue weighted by Crippen LogP contribution is -2.45. The van der Waals surface area contributed by atoms with Crippen molar-refractivity contribution < 1.29 is 0 Å². The molecule has 1 fully saturated rings. The minimum absolute atomic E-state index is 0.658. The molecule has 2 N–H and O–H groups in total. The molecular formula is C15H27N5. The van der Waals surface area contributed by atoms with Crippen LogP contribution in [0.1, 0.15) is 22.8 Å². The van der Waals surface area contributed by atoms with Gasteiger partial charge in [-0.1, -0.05) is 0 Å². The molecule has 0 spiro atoms. The minimum Gasteiger partial charge on any atom is -0.330 e. The van der Waals surface area contributed by atoms with Crippen LogP contribution in [0.5, 0.6) is 0 Å². The number of rotatable bonds is 5. The Labute approximate surface area is 122 Å². The average molecular weight is 277 g/mol. The van der Waals surface area contributed by atoms with Gasteiger partial charge in [-0.05, 0) is 39.4 Å². The van der Waals surface area contributed by atoms with Gasteiger partial charge >= 0.3 is 0 Å². The first-order valence-corrected chi connectivity index (χ1v) is 7.54. The number of aryl methyl sites for hydroxylation is 2. The fraction of sp³-hybridized carbons (Fsp3) is 0.733. The lowest BCUT2D eigenvalue weighted by Gasteiger charge is -2.32. The maximum Gasteiger partial charge on any atom is 0.130 e. The summed E-state index contributed by atoms with van der Waals surface area (Å²) in [6, 6.07) is 0. The number of nitrogens with two attached hydrogens (primary N) is 1. The Kier molecular flexibility index (Phi) is 5.46. The largest absolute Gasteiger partial charge is 0.330 e. The van der Waals surface area contributed by atoms with E-state index in [2.05, 4.69) is 40.7 Å². The summed E-state index contributed by atoms with van der Waals surface area (Å²) in [4.78, 5) is 14.2. The summed E-state index contributed by atoms with van der Waals surface area (Å²) in [5, 5.41) is 0. The van der Waals surface area contributed by atoms with Crippen LogP contribution in [0.3, 0.4) is 0 Å². The van der Waals surface area contributed by atoms with Crippen LogP contribution in [0, 0.1) is 13.8 Å². The Balaban J connectivity index is 1.93. The van der Waals surface area contributed by atoms with Gasteiger partial charge in [0, 0.05) is 50.5 Å². The van der Waals surface area contributed by atoms with Gasteiger partial charge in [-0.25, -0.2) is 9.97 Å². The number of nitrogens with zero attached hydrogens (tertiary/aromatic N) is 4. The van der Waals surface area contributed by atoms with Gasteiger partial charge < -0.3 is 15.5 Å². The molecule has 0 aromatic carbocycles. The van der Waals surface area contributed by atoms with Crippen molar-refractivity contribution in [2.75, 3.05) is 46.3 Å². The molecule has 0 unspecified atom stereocenters. The van der Waals surface area contributed by atoms with E-state index in [0.717, 1.165) is 62.8 Å². The molecular weight excluding hydrogens is 250 g/mol. The van der Waals surface area contributed by atoms with Crippen LogP contribution in [0.2, 0.25) is 0 Å². The van der Waals surface area contributed by atoms with Crippen LogP contribution in [0.25, 0.3) is 0 Å². The fourth-order valence-electron chi connectivity index (χ4n) is 2.76. The molecule has 0 aliphatic carbocycles. The van der Waals surface area contributed by atoms with Crippen LogP contribution in [0.15, 0.2) is 0 Å². The zero-order valence-corrected chi connectivity index (χ0v) is 13.0. The van der Waals surface area contributed by atoms with Gasteiger partial charge in [0.2, 0.25) is 0 Å². The summed E-state index contributed by atoms with van der Waals surface area (Å²) in [7, 11) is 2.18. The summed E-state index contributed by atoms with van der Waals surface area (Å²) < 4.78 is 0. The van der Waals surface area contributed by atoms with Crippen molar-refractivity contribution in [3.8, 4) is 0 Å². The number of hydrogen-bond donors (Lipinski definition) is 1. The lowest BCUT2D eigenvalue weighted by molar-refractivity contribution is 0.155. The average Bonchev–Trinajstić information content (AvgIpc) is 2.42. The molecule has 5 nitrogen and oxygen atoms in total. The third kappa shape index (κ3) is 3.98. The maximum atomic E-state index is 5.64. The first-order chi connectivity index (χ1) is 9.60. The highest BCUT2D eigenvalue weighted by Gasteiger charge is 2.14. The molecule has 1 aliphatic rings. The van der Waals surface area contributed by atoms with Crippen LogP contribution in [-0.4, -0.2) is 66.1 Å². The summed E-state index contributed by atoms with van der Waals surface area (Å²) in [6.07, 6.45) is 1.81. The Hall–Kier alpha value is -1.04. The molecule has 0 radical (unpaired) electrons. The molecule has 0 bridgehead atoms. The zero-order valence-electron chi connectivity index (χ0n) is 13.0. The highest BCUT2D eigenvalue weighted by Crippen LogP contribution is 2.11. The van der Waals surface area contributed by atoms with Crippen LogP contribution in [-0.2, 0) is 12.8 Å². The van der Waals surface area contributed by atoms with Crippen LogP contribution < -0.4 is 5.73 Å². The quantitative estimate of drug-likeness (QED) is 0.843. The van der Waals surface area contributed by atoms with Crippen LogP contribution >= 0.6 is 0 Å². The standard InChI is InChI=1S/C15H27N5/c1-12-14(4-6-16)13(2)18-15(17-12)5-7-20-10-8-19(3)9-11-20/h4-11,16H2,1-3H3. The third-order valence-corrected chi connectivity index (χ3v) is 4.11. The van der Waals surface area contributed by atoms with Gasteiger partial charge in [-0.3, -0.25) is 0 Å². The zero-order chi connectivity index (χ0) is 14.5. The van der Waals surface area contributed by atoms with Crippen molar-refractivity contribution in [2.24, 2.45) is 5.73 Å². The van der Waals surface area contributed by atoms with Gasteiger partial charge in [-0.2, -0.15) is 0 Å². The van der Waals surface area contributed by atoms with Gasteiger partial charge in [0.05, 0.1) is 0 Å². The summed E-state index contributed by atoms with van der Waals surface area (Å²) >= 11 is 0. The topological polar surface area (TPSA) is 58.3 Å². The Morgan fingerprint density at radius 3 is 2.15 bits per heavy atom. The number of hydrogen-bond acceptors (Lipinski definition) is 5. The molecule has 1 aromatic rings. The van der Waals surface area contributed by atoms with Crippen molar-refractivity contribution in [1.29, 1.82) is 0 Å². The number of likely N-dealkylation sites (N-methyl/N-ethyl adjacent to an activating group) is 1. The molecule has 5 heteroatoms. The molecule has 0 atom stereocenters. The number of piperazine rings is 1. The Morgan fingerprint density at radius 2 is 1.60 bits per heavy atom. The Bertz CT molecular complexity index is 415. The van der Waals surface area contributed by atoms with E-state index in [1.165, 1.54) is 5.56 Å². The first-order valence-electron chi connectivity index (χ1n) is 7.54. The monoisotopic (exact) mass is 277 g/mol. The smallest absolute Gasteiger partial charge is 0.130 e. The molecule has 112 valence electrons. The third-order valence-electron chi connectivity index (χ3n) is 4.11. The van der Waals surface area contributed by atoms with Crippen LogP contribution in [0.4, 0.5) is 0 Å². The van der Waals surface area contributed by atoms with E-state index in [9.17, 15) is 0 Å². The van der Waals surface area contributed by atoms with E-state index >= 15 is 0 Å². The van der Waals surface area contributed by atoms with E-state index < -0.39 is 0 Å².